The van der Waals surface area contributed by atoms with Gasteiger partial charge in [-0.3, -0.25) is 14.4 Å². The molecule has 4 heterocycles. The minimum absolute atomic E-state index is 0.0397. The van der Waals surface area contributed by atoms with Gasteiger partial charge in [-0.15, -0.1) is 21.5 Å². The topological polar surface area (TPSA) is 217 Å². The van der Waals surface area contributed by atoms with E-state index in [1.165, 1.54) is 4.88 Å². The van der Waals surface area contributed by atoms with Crippen molar-refractivity contribution < 1.29 is 57.3 Å². The summed E-state index contributed by atoms with van der Waals surface area (Å²) in [7, 11) is 0. The Balaban J connectivity index is 0.856. The minimum atomic E-state index is -1.07. The highest BCUT2D eigenvalue weighted by Gasteiger charge is 2.32. The van der Waals surface area contributed by atoms with Gasteiger partial charge in [0.15, 0.2) is 5.82 Å². The van der Waals surface area contributed by atoms with Crippen LogP contribution >= 0.6 is 22.9 Å². The van der Waals surface area contributed by atoms with Gasteiger partial charge in [-0.1, -0.05) is 23.7 Å². The SMILES string of the molecule is Cc1sc2c(c1C)C(c1ccc(Cl)cc1)=N[C@@H](CC(=O)Nc1ccc(OCCOCCOCCOCCOCCOCCOCCOCCOCCNC(=O)O)nc1)c1nnc(C)n1-2. The first-order valence-corrected chi connectivity index (χ1v) is 22.2. The van der Waals surface area contributed by atoms with E-state index in [4.69, 9.17) is 64.3 Å². The molecule has 64 heavy (non-hydrogen) atoms. The zero-order chi connectivity index (χ0) is 45.4. The van der Waals surface area contributed by atoms with Crippen molar-refractivity contribution in [3.63, 3.8) is 0 Å². The molecule has 0 aliphatic carbocycles. The van der Waals surface area contributed by atoms with Gasteiger partial charge < -0.3 is 58.4 Å². The predicted octanol–water partition coefficient (Wildman–Crippen LogP) is 5.00. The number of amides is 2. The van der Waals surface area contributed by atoms with Crippen LogP contribution in [-0.4, -0.2) is 161 Å². The minimum Gasteiger partial charge on any atom is -0.475 e. The highest BCUT2D eigenvalue weighted by molar-refractivity contribution is 7.15. The van der Waals surface area contributed by atoms with Crippen LogP contribution in [-0.2, 0) is 42.7 Å². The molecule has 1 aliphatic heterocycles. The molecule has 350 valence electrons. The van der Waals surface area contributed by atoms with Crippen LogP contribution in [0, 0.1) is 20.8 Å². The number of aryl methyl sites for hydroxylation is 2. The first-order valence-electron chi connectivity index (χ1n) is 21.0. The van der Waals surface area contributed by atoms with Crippen LogP contribution in [0.15, 0.2) is 47.6 Å². The van der Waals surface area contributed by atoms with E-state index >= 15 is 0 Å². The van der Waals surface area contributed by atoms with Crippen LogP contribution in [0.5, 0.6) is 5.88 Å². The van der Waals surface area contributed by atoms with Gasteiger partial charge in [0.05, 0.1) is 130 Å². The second-order valence-corrected chi connectivity index (χ2v) is 15.7. The van der Waals surface area contributed by atoms with Gasteiger partial charge >= 0.3 is 6.09 Å². The van der Waals surface area contributed by atoms with E-state index in [-0.39, 0.29) is 18.9 Å². The van der Waals surface area contributed by atoms with Crippen molar-refractivity contribution in [2.24, 2.45) is 4.99 Å². The van der Waals surface area contributed by atoms with Gasteiger partial charge in [0.1, 0.15) is 23.5 Å². The largest absolute Gasteiger partial charge is 0.475 e. The number of pyridine rings is 1. The number of nitrogens with zero attached hydrogens (tertiary/aromatic N) is 5. The van der Waals surface area contributed by atoms with Crippen LogP contribution in [0.3, 0.4) is 0 Å². The van der Waals surface area contributed by atoms with Crippen LogP contribution < -0.4 is 15.4 Å². The normalized spacial score (nSPS) is 13.2. The molecule has 0 unspecified atom stereocenters. The number of halogens is 1. The summed E-state index contributed by atoms with van der Waals surface area (Å²) in [6.45, 7) is 13.4. The molecule has 0 bridgehead atoms. The first kappa shape index (κ1) is 50.4. The number of hydrogen-bond donors (Lipinski definition) is 3. The molecular formula is C43H58ClN7O12S. The van der Waals surface area contributed by atoms with Crippen LogP contribution in [0.1, 0.15) is 45.7 Å². The molecule has 0 saturated carbocycles. The summed E-state index contributed by atoms with van der Waals surface area (Å²) in [4.78, 5) is 34.4. The van der Waals surface area contributed by atoms with Crippen LogP contribution in [0.4, 0.5) is 10.5 Å². The summed E-state index contributed by atoms with van der Waals surface area (Å²) in [5.41, 5.74) is 4.33. The molecule has 0 fully saturated rings. The highest BCUT2D eigenvalue weighted by Crippen LogP contribution is 2.39. The molecule has 1 atom stereocenters. The van der Waals surface area contributed by atoms with Gasteiger partial charge in [0, 0.05) is 33.6 Å². The number of carboxylic acid groups (broad SMARTS) is 1. The number of anilines is 1. The lowest BCUT2D eigenvalue weighted by molar-refractivity contribution is -0.116. The number of carbonyl (C=O) groups is 2. The molecule has 3 aromatic heterocycles. The van der Waals surface area contributed by atoms with Crippen molar-refractivity contribution in [2.75, 3.05) is 124 Å². The summed E-state index contributed by atoms with van der Waals surface area (Å²) in [5.74, 6) is 1.49. The lowest BCUT2D eigenvalue weighted by atomic mass is 9.99. The summed E-state index contributed by atoms with van der Waals surface area (Å²) >= 11 is 7.89. The number of fused-ring (bicyclic) bond motifs is 3. The predicted molar refractivity (Wildman–Crippen MR) is 239 cm³/mol. The van der Waals surface area contributed by atoms with E-state index in [0.29, 0.717) is 135 Å². The van der Waals surface area contributed by atoms with Crippen molar-refractivity contribution in [1.82, 2.24) is 25.1 Å². The van der Waals surface area contributed by atoms with Crippen molar-refractivity contribution in [3.05, 3.63) is 80.8 Å². The van der Waals surface area contributed by atoms with Crippen molar-refractivity contribution in [2.45, 2.75) is 33.2 Å². The molecule has 19 nitrogen and oxygen atoms in total. The Morgan fingerprint density at radius 1 is 0.719 bits per heavy atom. The van der Waals surface area contributed by atoms with E-state index < -0.39 is 12.1 Å². The maximum absolute atomic E-state index is 13.5. The number of thiophene rings is 1. The Labute approximate surface area is 381 Å². The molecule has 2 amide bonds. The number of aliphatic imine (C=N–C) groups is 1. The smallest absolute Gasteiger partial charge is 0.404 e. The monoisotopic (exact) mass is 931 g/mol. The molecule has 5 rings (SSSR count). The van der Waals surface area contributed by atoms with Crippen molar-refractivity contribution >= 4 is 46.3 Å². The van der Waals surface area contributed by atoms with E-state index in [9.17, 15) is 9.59 Å². The summed E-state index contributed by atoms with van der Waals surface area (Å²) < 4.78 is 51.4. The Kier molecular flexibility index (Phi) is 22.3. The number of hydrogen-bond acceptors (Lipinski definition) is 16. The lowest BCUT2D eigenvalue weighted by Gasteiger charge is -2.13. The van der Waals surface area contributed by atoms with E-state index in [1.807, 2.05) is 35.8 Å². The molecule has 1 aliphatic rings. The molecule has 1 aromatic carbocycles. The molecule has 0 saturated heterocycles. The second kappa shape index (κ2) is 28.3. The zero-order valence-corrected chi connectivity index (χ0v) is 38.1. The number of aromatic nitrogens is 4. The third-order valence-electron chi connectivity index (χ3n) is 9.36. The standard InChI is InChI=1S/C43H58ClN7O12S/c1-30-31(2)64-42-39(30)40(33-4-6-34(44)7-5-33)48-36(41-50-49-32(3)51(41)42)28-37(52)47-35-8-9-38(46-29-35)63-27-26-62-25-24-61-23-22-60-21-20-59-19-18-58-17-16-57-15-14-56-13-12-55-11-10-45-43(53)54/h4-9,29,36,45H,10-28H2,1-3H3,(H,47,52)(H,53,54)/t36-/m0/s1. The maximum Gasteiger partial charge on any atom is 0.404 e. The summed E-state index contributed by atoms with van der Waals surface area (Å²) in [5, 5.41) is 24.1. The van der Waals surface area contributed by atoms with Crippen molar-refractivity contribution in [3.8, 4) is 10.9 Å². The quantitative estimate of drug-likeness (QED) is 0.0549. The Morgan fingerprint density at radius 2 is 1.25 bits per heavy atom. The Bertz CT molecular complexity index is 2030. The Morgan fingerprint density at radius 3 is 1.77 bits per heavy atom. The van der Waals surface area contributed by atoms with E-state index in [2.05, 4.69) is 39.7 Å². The first-order chi connectivity index (χ1) is 31.2. The van der Waals surface area contributed by atoms with Gasteiger partial charge in [-0.05, 0) is 44.5 Å². The molecule has 0 radical (unpaired) electrons. The van der Waals surface area contributed by atoms with Crippen LogP contribution in [0.2, 0.25) is 5.02 Å². The molecule has 4 aromatic rings. The fourth-order valence-corrected chi connectivity index (χ4v) is 7.48. The number of nitrogens with one attached hydrogen (secondary N) is 2. The number of ether oxygens (including phenoxy) is 9. The fraction of sp³-hybridized carbons (Fsp3) is 0.535. The Hall–Kier alpha value is -4.61. The number of benzene rings is 1. The fourth-order valence-electron chi connectivity index (χ4n) is 6.14. The van der Waals surface area contributed by atoms with Gasteiger partial charge in [-0.25, -0.2) is 9.78 Å². The second-order valence-electron chi connectivity index (χ2n) is 14.0. The average Bonchev–Trinajstić information content (AvgIpc) is 3.76. The number of carbonyl (C=O) groups excluding carboxylic acids is 1. The maximum atomic E-state index is 13.5. The van der Waals surface area contributed by atoms with E-state index in [1.54, 1.807) is 29.7 Å². The highest BCUT2D eigenvalue weighted by atomic mass is 35.5. The third kappa shape index (κ3) is 17.1. The molecule has 21 heteroatoms. The number of rotatable bonds is 32. The average molecular weight is 932 g/mol. The third-order valence-corrected chi connectivity index (χ3v) is 10.8. The summed E-state index contributed by atoms with van der Waals surface area (Å²) in [6.07, 6.45) is 0.518. The van der Waals surface area contributed by atoms with Crippen LogP contribution in [0.25, 0.3) is 5.00 Å². The van der Waals surface area contributed by atoms with Gasteiger partial charge in [0.2, 0.25) is 11.8 Å². The lowest BCUT2D eigenvalue weighted by Crippen LogP contribution is -2.25. The van der Waals surface area contributed by atoms with Crippen molar-refractivity contribution in [1.29, 1.82) is 0 Å². The molecule has 0 spiro atoms. The van der Waals surface area contributed by atoms with Gasteiger partial charge in [-0.2, -0.15) is 0 Å². The summed E-state index contributed by atoms with van der Waals surface area (Å²) in [6, 6.07) is 10.4. The molecule has 3 N–H and O–H groups in total. The van der Waals surface area contributed by atoms with Gasteiger partial charge in [0.25, 0.3) is 0 Å². The zero-order valence-electron chi connectivity index (χ0n) is 36.5. The molecular weight excluding hydrogens is 874 g/mol. The van der Waals surface area contributed by atoms with E-state index in [0.717, 1.165) is 33.2 Å².